The molecule has 0 aromatic rings. The van der Waals surface area contributed by atoms with Crippen LogP contribution in [0.25, 0.3) is 0 Å². The van der Waals surface area contributed by atoms with Crippen LogP contribution in [-0.4, -0.2) is 41.0 Å². The Balaban J connectivity index is 1.89. The van der Waals surface area contributed by atoms with E-state index in [0.717, 1.165) is 38.8 Å². The topological polar surface area (TPSA) is 40.5 Å². The Morgan fingerprint density at radius 2 is 2.23 bits per heavy atom. The van der Waals surface area contributed by atoms with E-state index in [4.69, 9.17) is 0 Å². The van der Waals surface area contributed by atoms with Crippen LogP contribution in [-0.2, 0) is 4.79 Å². The highest BCUT2D eigenvalue weighted by molar-refractivity contribution is 5.81. The Hall–Kier alpha value is -0.410. The molecule has 74 valence electrons. The van der Waals surface area contributed by atoms with Crippen LogP contribution < -0.4 is 0 Å². The van der Waals surface area contributed by atoms with Crippen LogP contribution in [0.2, 0.25) is 0 Å². The Kier molecular flexibility index (Phi) is 2.65. The molecule has 2 rings (SSSR count). The second-order valence-corrected chi connectivity index (χ2v) is 4.23. The highest BCUT2D eigenvalue weighted by Gasteiger charge is 2.30. The fourth-order valence-corrected chi connectivity index (χ4v) is 2.42. The second-order valence-electron chi connectivity index (χ2n) is 4.23. The van der Waals surface area contributed by atoms with Crippen LogP contribution >= 0.6 is 0 Å². The predicted octanol–water partition coefficient (Wildman–Crippen LogP) is 0.565. The molecule has 1 aliphatic carbocycles. The Morgan fingerprint density at radius 1 is 1.38 bits per heavy atom. The minimum Gasteiger partial charge on any atom is -0.392 e. The van der Waals surface area contributed by atoms with Gasteiger partial charge in [-0.05, 0) is 25.8 Å². The smallest absolute Gasteiger partial charge is 0.134 e. The van der Waals surface area contributed by atoms with Crippen LogP contribution in [0.4, 0.5) is 0 Å². The zero-order valence-corrected chi connectivity index (χ0v) is 7.91. The van der Waals surface area contributed by atoms with Gasteiger partial charge in [0.2, 0.25) is 0 Å². The molecule has 1 N–H and O–H groups in total. The number of ketones is 1. The van der Waals surface area contributed by atoms with Crippen LogP contribution in [0.1, 0.15) is 32.1 Å². The number of carbonyl (C=O) groups excluding carboxylic acids is 1. The number of aliphatic hydroxyl groups excluding tert-OH is 1. The maximum Gasteiger partial charge on any atom is 0.134 e. The summed E-state index contributed by atoms with van der Waals surface area (Å²) in [4.78, 5) is 13.4. The number of nitrogens with zero attached hydrogens (tertiary/aromatic N) is 1. The van der Waals surface area contributed by atoms with E-state index >= 15 is 0 Å². The quantitative estimate of drug-likeness (QED) is 0.646. The fourth-order valence-electron chi connectivity index (χ4n) is 2.42. The Bertz CT molecular complexity index is 205. The fraction of sp³-hybridized carbons (Fsp3) is 0.900. The van der Waals surface area contributed by atoms with Gasteiger partial charge in [-0.2, -0.15) is 0 Å². The van der Waals surface area contributed by atoms with Gasteiger partial charge in [0.1, 0.15) is 5.78 Å². The van der Waals surface area contributed by atoms with Crippen LogP contribution in [0, 0.1) is 0 Å². The van der Waals surface area contributed by atoms with Crippen LogP contribution in [0.15, 0.2) is 0 Å². The van der Waals surface area contributed by atoms with Crippen molar-refractivity contribution in [3.05, 3.63) is 0 Å². The molecule has 2 aliphatic rings. The van der Waals surface area contributed by atoms with E-state index in [2.05, 4.69) is 4.90 Å². The average Bonchev–Trinajstić information content (AvgIpc) is 2.52. The summed E-state index contributed by atoms with van der Waals surface area (Å²) in [5.74, 6) is 0.394. The highest BCUT2D eigenvalue weighted by atomic mass is 16.3. The molecule has 1 aliphatic heterocycles. The van der Waals surface area contributed by atoms with Crippen molar-refractivity contribution < 1.29 is 9.90 Å². The number of Topliss-reactive ketones (excluding diaryl/α,β-unsaturated/α-hetero) is 1. The third-order valence-electron chi connectivity index (χ3n) is 3.16. The summed E-state index contributed by atoms with van der Waals surface area (Å²) >= 11 is 0. The van der Waals surface area contributed by atoms with Crippen molar-refractivity contribution in [3.8, 4) is 0 Å². The lowest BCUT2D eigenvalue weighted by atomic mass is 10.1. The number of rotatable bonds is 1. The molecule has 13 heavy (non-hydrogen) atoms. The molecular weight excluding hydrogens is 166 g/mol. The molecular formula is C10H17NO2. The summed E-state index contributed by atoms with van der Waals surface area (Å²) in [7, 11) is 0. The average molecular weight is 183 g/mol. The molecule has 0 aromatic heterocycles. The Labute approximate surface area is 78.7 Å². The molecule has 1 saturated carbocycles. The largest absolute Gasteiger partial charge is 0.392 e. The lowest BCUT2D eigenvalue weighted by molar-refractivity contribution is -0.117. The molecule has 2 unspecified atom stereocenters. The molecule has 0 spiro atoms. The van der Waals surface area contributed by atoms with Gasteiger partial charge in [-0.15, -0.1) is 0 Å². The molecule has 3 heteroatoms. The van der Waals surface area contributed by atoms with Gasteiger partial charge < -0.3 is 5.11 Å². The van der Waals surface area contributed by atoms with E-state index in [1.54, 1.807) is 0 Å². The van der Waals surface area contributed by atoms with Gasteiger partial charge in [0.15, 0.2) is 0 Å². The maximum absolute atomic E-state index is 11.1. The molecule has 1 saturated heterocycles. The first-order valence-electron chi connectivity index (χ1n) is 5.19. The summed E-state index contributed by atoms with van der Waals surface area (Å²) < 4.78 is 0. The third kappa shape index (κ3) is 2.09. The standard InChI is InChI=1S/C10H17NO2/c12-9-4-3-8(6-9)11-5-1-2-10(13)7-11/h8,10,13H,1-7H2. The van der Waals surface area contributed by atoms with Crippen LogP contribution in [0.3, 0.4) is 0 Å². The number of carbonyl (C=O) groups is 1. The Morgan fingerprint density at radius 3 is 2.85 bits per heavy atom. The summed E-state index contributed by atoms with van der Waals surface area (Å²) in [5, 5.41) is 9.48. The van der Waals surface area contributed by atoms with Crippen molar-refractivity contribution in [2.75, 3.05) is 13.1 Å². The maximum atomic E-state index is 11.1. The van der Waals surface area contributed by atoms with Gasteiger partial charge in [0.05, 0.1) is 6.10 Å². The number of hydrogen-bond acceptors (Lipinski definition) is 3. The summed E-state index contributed by atoms with van der Waals surface area (Å²) in [6, 6.07) is 0.433. The normalized spacial score (nSPS) is 36.8. The lowest BCUT2D eigenvalue weighted by Gasteiger charge is -2.34. The van der Waals surface area contributed by atoms with Crippen molar-refractivity contribution >= 4 is 5.78 Å². The van der Waals surface area contributed by atoms with Gasteiger partial charge in [-0.1, -0.05) is 0 Å². The van der Waals surface area contributed by atoms with Gasteiger partial charge in [0, 0.05) is 25.4 Å². The zero-order valence-electron chi connectivity index (χ0n) is 7.91. The van der Waals surface area contributed by atoms with Gasteiger partial charge in [-0.25, -0.2) is 0 Å². The van der Waals surface area contributed by atoms with Gasteiger partial charge in [0.25, 0.3) is 0 Å². The lowest BCUT2D eigenvalue weighted by Crippen LogP contribution is -2.43. The summed E-state index contributed by atoms with van der Waals surface area (Å²) in [6.07, 6.45) is 4.31. The third-order valence-corrected chi connectivity index (χ3v) is 3.16. The number of likely N-dealkylation sites (tertiary alicyclic amines) is 1. The van der Waals surface area contributed by atoms with E-state index in [1.807, 2.05) is 0 Å². The minimum absolute atomic E-state index is 0.163. The number of hydrogen-bond donors (Lipinski definition) is 1. The summed E-state index contributed by atoms with van der Waals surface area (Å²) in [5.41, 5.74) is 0. The minimum atomic E-state index is -0.163. The van der Waals surface area contributed by atoms with E-state index in [9.17, 15) is 9.90 Å². The van der Waals surface area contributed by atoms with E-state index in [0.29, 0.717) is 18.2 Å². The van der Waals surface area contributed by atoms with Crippen LogP contribution in [0.5, 0.6) is 0 Å². The molecule has 0 radical (unpaired) electrons. The molecule has 2 atom stereocenters. The van der Waals surface area contributed by atoms with Gasteiger partial charge >= 0.3 is 0 Å². The monoisotopic (exact) mass is 183 g/mol. The van der Waals surface area contributed by atoms with E-state index in [1.165, 1.54) is 0 Å². The highest BCUT2D eigenvalue weighted by Crippen LogP contribution is 2.23. The SMILES string of the molecule is O=C1CCC(N2CCCC(O)C2)C1. The van der Waals surface area contributed by atoms with Crippen molar-refractivity contribution in [3.63, 3.8) is 0 Å². The second kappa shape index (κ2) is 3.76. The van der Waals surface area contributed by atoms with E-state index in [-0.39, 0.29) is 6.10 Å². The molecule has 0 amide bonds. The van der Waals surface area contributed by atoms with Crippen molar-refractivity contribution in [2.24, 2.45) is 0 Å². The van der Waals surface area contributed by atoms with Crippen molar-refractivity contribution in [2.45, 2.75) is 44.2 Å². The first-order valence-corrected chi connectivity index (χ1v) is 5.19. The van der Waals surface area contributed by atoms with Crippen molar-refractivity contribution in [1.82, 2.24) is 4.90 Å². The number of piperidine rings is 1. The number of β-amino-alcohol motifs (C(OH)–C–C–N with tert-alkyl or cyclic N) is 1. The molecule has 0 aromatic carbocycles. The molecule has 1 heterocycles. The first kappa shape index (κ1) is 9.16. The van der Waals surface area contributed by atoms with Gasteiger partial charge in [-0.3, -0.25) is 9.69 Å². The molecule has 2 fully saturated rings. The molecule has 0 bridgehead atoms. The number of aliphatic hydroxyl groups is 1. The summed E-state index contributed by atoms with van der Waals surface area (Å²) in [6.45, 7) is 1.84. The van der Waals surface area contributed by atoms with Crippen molar-refractivity contribution in [1.29, 1.82) is 0 Å². The van der Waals surface area contributed by atoms with E-state index < -0.39 is 0 Å². The molecule has 3 nitrogen and oxygen atoms in total. The predicted molar refractivity (Wildman–Crippen MR) is 49.5 cm³/mol. The zero-order chi connectivity index (χ0) is 9.26. The first-order chi connectivity index (χ1) is 6.25.